The Bertz CT molecular complexity index is 348. The van der Waals surface area contributed by atoms with Gasteiger partial charge in [-0.15, -0.1) is 0 Å². The van der Waals surface area contributed by atoms with Gasteiger partial charge in [0.15, 0.2) is 0 Å². The molecule has 2 rings (SSSR count). The molecule has 1 fully saturated rings. The molecule has 18 heavy (non-hydrogen) atoms. The largest absolute Gasteiger partial charge is 0.369 e. The molecule has 0 unspecified atom stereocenters. The van der Waals surface area contributed by atoms with Crippen LogP contribution in [-0.4, -0.2) is 37.1 Å². The summed E-state index contributed by atoms with van der Waals surface area (Å²) in [7, 11) is 0. The lowest BCUT2D eigenvalue weighted by Crippen LogP contribution is -2.48. The van der Waals surface area contributed by atoms with Crippen LogP contribution in [0.15, 0.2) is 24.3 Å². The van der Waals surface area contributed by atoms with E-state index in [9.17, 15) is 0 Å². The fourth-order valence-electron chi connectivity index (χ4n) is 2.66. The van der Waals surface area contributed by atoms with Crippen LogP contribution < -0.4 is 4.90 Å². The van der Waals surface area contributed by atoms with Gasteiger partial charge in [-0.05, 0) is 38.0 Å². The molecule has 1 heterocycles. The molecule has 1 saturated heterocycles. The molecule has 1 aliphatic heterocycles. The van der Waals surface area contributed by atoms with Crippen molar-refractivity contribution in [3.63, 3.8) is 0 Å². The summed E-state index contributed by atoms with van der Waals surface area (Å²) in [5.74, 6) is 0. The first-order valence-electron chi connectivity index (χ1n) is 7.28. The maximum atomic E-state index is 2.56. The van der Waals surface area contributed by atoms with E-state index in [2.05, 4.69) is 54.8 Å². The van der Waals surface area contributed by atoms with Crippen LogP contribution in [-0.2, 0) is 6.42 Å². The Morgan fingerprint density at radius 2 is 1.61 bits per heavy atom. The number of benzene rings is 1. The van der Waals surface area contributed by atoms with Crippen molar-refractivity contribution in [2.24, 2.45) is 0 Å². The Morgan fingerprint density at radius 3 is 2.11 bits per heavy atom. The number of hydrogen-bond acceptors (Lipinski definition) is 2. The minimum atomic E-state index is 0.680. The first kappa shape index (κ1) is 13.4. The van der Waals surface area contributed by atoms with E-state index in [1.807, 2.05) is 0 Å². The molecule has 0 aliphatic carbocycles. The number of nitrogens with zero attached hydrogens (tertiary/aromatic N) is 2. The summed E-state index contributed by atoms with van der Waals surface area (Å²) < 4.78 is 0. The Kier molecular flexibility index (Phi) is 4.65. The Hall–Kier alpha value is -1.02. The zero-order chi connectivity index (χ0) is 13.0. The summed E-state index contributed by atoms with van der Waals surface area (Å²) in [6.45, 7) is 11.5. The summed E-state index contributed by atoms with van der Waals surface area (Å²) >= 11 is 0. The first-order valence-corrected chi connectivity index (χ1v) is 7.28. The van der Waals surface area contributed by atoms with Crippen molar-refractivity contribution < 1.29 is 0 Å². The van der Waals surface area contributed by atoms with Crippen molar-refractivity contribution >= 4 is 5.69 Å². The first-order chi connectivity index (χ1) is 8.70. The van der Waals surface area contributed by atoms with E-state index >= 15 is 0 Å². The summed E-state index contributed by atoms with van der Waals surface area (Å²) in [5, 5.41) is 0. The molecule has 0 radical (unpaired) electrons. The SMILES string of the molecule is CCCc1ccc(N2CCN(C(C)C)CC2)cc1. The molecule has 0 saturated carbocycles. The molecule has 0 atom stereocenters. The van der Waals surface area contributed by atoms with Crippen LogP contribution in [0.2, 0.25) is 0 Å². The smallest absolute Gasteiger partial charge is 0.0367 e. The van der Waals surface area contributed by atoms with Gasteiger partial charge in [-0.2, -0.15) is 0 Å². The molecule has 2 nitrogen and oxygen atoms in total. The summed E-state index contributed by atoms with van der Waals surface area (Å²) in [6.07, 6.45) is 2.42. The van der Waals surface area contributed by atoms with Gasteiger partial charge in [0, 0.05) is 37.9 Å². The highest BCUT2D eigenvalue weighted by Gasteiger charge is 2.18. The maximum absolute atomic E-state index is 2.56. The van der Waals surface area contributed by atoms with Gasteiger partial charge in [0.25, 0.3) is 0 Å². The van der Waals surface area contributed by atoms with E-state index in [0.29, 0.717) is 6.04 Å². The summed E-state index contributed by atoms with van der Waals surface area (Å²) in [4.78, 5) is 5.07. The number of rotatable bonds is 4. The van der Waals surface area contributed by atoms with Gasteiger partial charge < -0.3 is 4.90 Å². The van der Waals surface area contributed by atoms with E-state index in [1.54, 1.807) is 0 Å². The molecule has 1 aromatic carbocycles. The third-order valence-electron chi connectivity index (χ3n) is 3.88. The average molecular weight is 246 g/mol. The average Bonchev–Trinajstić information content (AvgIpc) is 2.40. The monoisotopic (exact) mass is 246 g/mol. The minimum Gasteiger partial charge on any atom is -0.369 e. The fraction of sp³-hybridized carbons (Fsp3) is 0.625. The van der Waals surface area contributed by atoms with E-state index in [0.717, 1.165) is 13.1 Å². The molecule has 0 N–H and O–H groups in total. The second-order valence-corrected chi connectivity index (χ2v) is 5.53. The lowest BCUT2D eigenvalue weighted by atomic mass is 10.1. The second-order valence-electron chi connectivity index (χ2n) is 5.53. The minimum absolute atomic E-state index is 0.680. The number of aryl methyl sites for hydroxylation is 1. The van der Waals surface area contributed by atoms with Crippen LogP contribution in [0.3, 0.4) is 0 Å². The van der Waals surface area contributed by atoms with Crippen LogP contribution in [0, 0.1) is 0 Å². The highest BCUT2D eigenvalue weighted by molar-refractivity contribution is 5.48. The van der Waals surface area contributed by atoms with Crippen LogP contribution in [0.5, 0.6) is 0 Å². The molecule has 1 aliphatic rings. The topological polar surface area (TPSA) is 6.48 Å². The Morgan fingerprint density at radius 1 is 1.00 bits per heavy atom. The number of piperazine rings is 1. The number of hydrogen-bond donors (Lipinski definition) is 0. The quantitative estimate of drug-likeness (QED) is 0.805. The molecule has 0 aromatic heterocycles. The van der Waals surface area contributed by atoms with Gasteiger partial charge in [0.1, 0.15) is 0 Å². The van der Waals surface area contributed by atoms with Crippen LogP contribution in [0.25, 0.3) is 0 Å². The lowest BCUT2D eigenvalue weighted by molar-refractivity contribution is 0.209. The van der Waals surface area contributed by atoms with Gasteiger partial charge in [-0.25, -0.2) is 0 Å². The standard InChI is InChI=1S/C16H26N2/c1-4-5-15-6-8-16(9-7-15)18-12-10-17(11-13-18)14(2)3/h6-9,14H,4-5,10-13H2,1-3H3. The lowest BCUT2D eigenvalue weighted by Gasteiger charge is -2.38. The van der Waals surface area contributed by atoms with Crippen molar-refractivity contribution in [3.8, 4) is 0 Å². The van der Waals surface area contributed by atoms with Crippen molar-refractivity contribution in [2.75, 3.05) is 31.1 Å². The van der Waals surface area contributed by atoms with E-state index < -0.39 is 0 Å². The van der Waals surface area contributed by atoms with Crippen molar-refractivity contribution in [1.82, 2.24) is 4.90 Å². The van der Waals surface area contributed by atoms with Gasteiger partial charge in [0.05, 0.1) is 0 Å². The molecular formula is C16H26N2. The van der Waals surface area contributed by atoms with Gasteiger partial charge in [-0.3, -0.25) is 4.90 Å². The third-order valence-corrected chi connectivity index (χ3v) is 3.88. The van der Waals surface area contributed by atoms with Crippen molar-refractivity contribution in [3.05, 3.63) is 29.8 Å². The third kappa shape index (κ3) is 3.26. The predicted molar refractivity (Wildman–Crippen MR) is 79.4 cm³/mol. The molecule has 0 amide bonds. The van der Waals surface area contributed by atoms with Gasteiger partial charge >= 0.3 is 0 Å². The fourth-order valence-corrected chi connectivity index (χ4v) is 2.66. The van der Waals surface area contributed by atoms with Crippen molar-refractivity contribution in [2.45, 2.75) is 39.7 Å². The molecule has 1 aromatic rings. The van der Waals surface area contributed by atoms with E-state index in [1.165, 1.54) is 37.2 Å². The molecule has 2 heteroatoms. The van der Waals surface area contributed by atoms with Crippen LogP contribution >= 0.6 is 0 Å². The zero-order valence-corrected chi connectivity index (χ0v) is 12.0. The summed E-state index contributed by atoms with van der Waals surface area (Å²) in [6, 6.07) is 9.83. The highest BCUT2D eigenvalue weighted by Crippen LogP contribution is 2.18. The maximum Gasteiger partial charge on any atom is 0.0367 e. The highest BCUT2D eigenvalue weighted by atomic mass is 15.3. The summed E-state index contributed by atoms with van der Waals surface area (Å²) in [5.41, 5.74) is 2.85. The number of anilines is 1. The predicted octanol–water partition coefficient (Wildman–Crippen LogP) is 3.17. The zero-order valence-electron chi connectivity index (χ0n) is 12.0. The Balaban J connectivity index is 1.93. The van der Waals surface area contributed by atoms with Gasteiger partial charge in [-0.1, -0.05) is 25.5 Å². The van der Waals surface area contributed by atoms with Crippen LogP contribution in [0.1, 0.15) is 32.8 Å². The van der Waals surface area contributed by atoms with E-state index in [4.69, 9.17) is 0 Å². The van der Waals surface area contributed by atoms with E-state index in [-0.39, 0.29) is 0 Å². The second kappa shape index (κ2) is 6.24. The molecule has 0 bridgehead atoms. The Labute approximate surface area is 112 Å². The normalized spacial score (nSPS) is 17.4. The molecule has 100 valence electrons. The van der Waals surface area contributed by atoms with Gasteiger partial charge in [0.2, 0.25) is 0 Å². The van der Waals surface area contributed by atoms with Crippen molar-refractivity contribution in [1.29, 1.82) is 0 Å². The molecule has 0 spiro atoms. The molecular weight excluding hydrogens is 220 g/mol. The van der Waals surface area contributed by atoms with Crippen LogP contribution in [0.4, 0.5) is 5.69 Å².